The normalized spacial score (nSPS) is 10.1. The summed E-state index contributed by atoms with van der Waals surface area (Å²) < 4.78 is 4.68. The van der Waals surface area contributed by atoms with Crippen LogP contribution in [0.15, 0.2) is 27.6 Å². The summed E-state index contributed by atoms with van der Waals surface area (Å²) in [6.07, 6.45) is 3.06. The third-order valence-electron chi connectivity index (χ3n) is 2.22. The van der Waals surface area contributed by atoms with E-state index < -0.39 is 5.63 Å². The van der Waals surface area contributed by atoms with Gasteiger partial charge in [0, 0.05) is 19.2 Å². The van der Waals surface area contributed by atoms with Crippen LogP contribution >= 0.6 is 0 Å². The summed E-state index contributed by atoms with van der Waals surface area (Å²) in [4.78, 5) is 24.5. The second-order valence-electron chi connectivity index (χ2n) is 3.64. The molecule has 1 amide bonds. The molecule has 0 saturated heterocycles. The molecule has 0 saturated carbocycles. The Morgan fingerprint density at radius 2 is 1.88 bits per heavy atom. The Hall–Kier alpha value is -1.58. The van der Waals surface area contributed by atoms with Crippen molar-refractivity contribution in [3.63, 3.8) is 0 Å². The number of hydrogen-bond acceptors (Lipinski definition) is 3. The van der Waals surface area contributed by atoms with Gasteiger partial charge < -0.3 is 9.32 Å². The van der Waals surface area contributed by atoms with E-state index in [1.165, 1.54) is 18.4 Å². The molecule has 4 heteroatoms. The zero-order valence-corrected chi connectivity index (χ0v) is 9.73. The number of amides is 1. The lowest BCUT2D eigenvalue weighted by Gasteiger charge is -2.20. The second kappa shape index (κ2) is 6.10. The molecular formula is C12H17NO3. The minimum atomic E-state index is -0.436. The molecule has 0 fully saturated rings. The van der Waals surface area contributed by atoms with Crippen molar-refractivity contribution < 1.29 is 9.21 Å². The summed E-state index contributed by atoms with van der Waals surface area (Å²) in [6.45, 7) is 5.51. The van der Waals surface area contributed by atoms with Gasteiger partial charge in [0.1, 0.15) is 6.26 Å². The average molecular weight is 223 g/mol. The Balaban J connectivity index is 2.81. The van der Waals surface area contributed by atoms with E-state index in [2.05, 4.69) is 4.42 Å². The van der Waals surface area contributed by atoms with Gasteiger partial charge in [0.05, 0.1) is 5.56 Å². The fraction of sp³-hybridized carbons (Fsp3) is 0.500. The smallest absolute Gasteiger partial charge is 0.335 e. The summed E-state index contributed by atoms with van der Waals surface area (Å²) in [5, 5.41) is 0. The quantitative estimate of drug-likeness (QED) is 0.766. The molecule has 0 unspecified atom stereocenters. The van der Waals surface area contributed by atoms with E-state index in [9.17, 15) is 9.59 Å². The molecule has 1 heterocycles. The van der Waals surface area contributed by atoms with Gasteiger partial charge in [0.15, 0.2) is 0 Å². The van der Waals surface area contributed by atoms with E-state index in [0.29, 0.717) is 5.56 Å². The lowest BCUT2D eigenvalue weighted by atomic mass is 10.2. The Labute approximate surface area is 94.9 Å². The van der Waals surface area contributed by atoms with Crippen LogP contribution in [-0.4, -0.2) is 23.9 Å². The van der Waals surface area contributed by atoms with Crippen LogP contribution in [0.25, 0.3) is 0 Å². The summed E-state index contributed by atoms with van der Waals surface area (Å²) >= 11 is 0. The molecule has 0 bridgehead atoms. The van der Waals surface area contributed by atoms with E-state index >= 15 is 0 Å². The first-order chi connectivity index (χ1) is 7.69. The fourth-order valence-corrected chi connectivity index (χ4v) is 1.52. The molecule has 0 aromatic carbocycles. The number of rotatable bonds is 5. The third-order valence-corrected chi connectivity index (χ3v) is 2.22. The van der Waals surface area contributed by atoms with Crippen LogP contribution in [0, 0.1) is 0 Å². The molecule has 0 atom stereocenters. The van der Waals surface area contributed by atoms with Gasteiger partial charge in [-0.05, 0) is 18.9 Å². The van der Waals surface area contributed by atoms with Crippen molar-refractivity contribution in [3.05, 3.63) is 34.4 Å². The van der Waals surface area contributed by atoms with Crippen LogP contribution in [0.1, 0.15) is 37.0 Å². The first-order valence-electron chi connectivity index (χ1n) is 5.57. The van der Waals surface area contributed by atoms with Crippen LogP contribution in [0.3, 0.4) is 0 Å². The minimum absolute atomic E-state index is 0.0764. The average Bonchev–Trinajstić information content (AvgIpc) is 2.29. The number of nitrogens with zero attached hydrogens (tertiary/aromatic N) is 1. The van der Waals surface area contributed by atoms with Crippen molar-refractivity contribution in [1.82, 2.24) is 4.90 Å². The van der Waals surface area contributed by atoms with Gasteiger partial charge in [0.2, 0.25) is 0 Å². The predicted molar refractivity (Wildman–Crippen MR) is 61.5 cm³/mol. The van der Waals surface area contributed by atoms with Gasteiger partial charge in [-0.25, -0.2) is 4.79 Å². The van der Waals surface area contributed by atoms with Crippen LogP contribution in [0.2, 0.25) is 0 Å². The molecule has 88 valence electrons. The van der Waals surface area contributed by atoms with Gasteiger partial charge in [-0.2, -0.15) is 0 Å². The summed E-state index contributed by atoms with van der Waals surface area (Å²) in [7, 11) is 0. The highest BCUT2D eigenvalue weighted by molar-refractivity contribution is 5.93. The van der Waals surface area contributed by atoms with Gasteiger partial charge in [-0.3, -0.25) is 4.79 Å². The zero-order chi connectivity index (χ0) is 12.0. The van der Waals surface area contributed by atoms with Crippen molar-refractivity contribution in [2.75, 3.05) is 13.1 Å². The molecule has 0 N–H and O–H groups in total. The van der Waals surface area contributed by atoms with Gasteiger partial charge >= 0.3 is 5.63 Å². The Bertz CT molecular complexity index is 371. The minimum Gasteiger partial charge on any atom is -0.430 e. The van der Waals surface area contributed by atoms with Crippen molar-refractivity contribution in [2.45, 2.75) is 26.7 Å². The lowest BCUT2D eigenvalue weighted by Crippen LogP contribution is -2.32. The molecule has 16 heavy (non-hydrogen) atoms. The van der Waals surface area contributed by atoms with E-state index in [-0.39, 0.29) is 5.91 Å². The van der Waals surface area contributed by atoms with Crippen molar-refractivity contribution in [2.24, 2.45) is 0 Å². The summed E-state index contributed by atoms with van der Waals surface area (Å²) in [5.41, 5.74) is -0.00409. The van der Waals surface area contributed by atoms with Crippen LogP contribution < -0.4 is 5.63 Å². The van der Waals surface area contributed by atoms with Crippen LogP contribution in [0.5, 0.6) is 0 Å². The lowest BCUT2D eigenvalue weighted by molar-refractivity contribution is 0.0753. The van der Waals surface area contributed by atoms with Gasteiger partial charge in [0.25, 0.3) is 5.91 Å². The SMILES string of the molecule is CCCN(CCC)C(=O)c1ccc(=O)oc1. The third kappa shape index (κ3) is 3.22. The molecule has 0 aliphatic heterocycles. The van der Waals surface area contributed by atoms with Crippen molar-refractivity contribution in [3.8, 4) is 0 Å². The molecule has 1 aromatic rings. The molecule has 1 aromatic heterocycles. The highest BCUT2D eigenvalue weighted by Crippen LogP contribution is 2.04. The fourth-order valence-electron chi connectivity index (χ4n) is 1.52. The maximum absolute atomic E-state index is 12.0. The van der Waals surface area contributed by atoms with Crippen LogP contribution in [-0.2, 0) is 0 Å². The highest BCUT2D eigenvalue weighted by atomic mass is 16.4. The maximum atomic E-state index is 12.0. The Morgan fingerprint density at radius 3 is 2.31 bits per heavy atom. The molecule has 0 aliphatic rings. The largest absolute Gasteiger partial charge is 0.430 e. The second-order valence-corrected chi connectivity index (χ2v) is 3.64. The summed E-state index contributed by atoms with van der Waals surface area (Å²) in [6, 6.07) is 2.77. The first-order valence-corrected chi connectivity index (χ1v) is 5.57. The van der Waals surface area contributed by atoms with Gasteiger partial charge in [-0.1, -0.05) is 13.8 Å². The number of hydrogen-bond donors (Lipinski definition) is 0. The van der Waals surface area contributed by atoms with E-state index in [0.717, 1.165) is 25.9 Å². The first kappa shape index (κ1) is 12.5. The maximum Gasteiger partial charge on any atom is 0.335 e. The summed E-state index contributed by atoms with van der Waals surface area (Å²) in [5.74, 6) is -0.0764. The van der Waals surface area contributed by atoms with Crippen LogP contribution in [0.4, 0.5) is 0 Å². The highest BCUT2D eigenvalue weighted by Gasteiger charge is 2.14. The molecule has 0 aliphatic carbocycles. The zero-order valence-electron chi connectivity index (χ0n) is 9.73. The molecule has 4 nitrogen and oxygen atoms in total. The van der Waals surface area contributed by atoms with Crippen molar-refractivity contribution >= 4 is 5.91 Å². The van der Waals surface area contributed by atoms with E-state index in [4.69, 9.17) is 0 Å². The van der Waals surface area contributed by atoms with Gasteiger partial charge in [-0.15, -0.1) is 0 Å². The number of carbonyl (C=O) groups is 1. The molecule has 0 spiro atoms. The number of carbonyl (C=O) groups excluding carboxylic acids is 1. The monoisotopic (exact) mass is 223 g/mol. The molecular weight excluding hydrogens is 206 g/mol. The van der Waals surface area contributed by atoms with Crippen molar-refractivity contribution in [1.29, 1.82) is 0 Å². The standard InChI is InChI=1S/C12H17NO3/c1-3-7-13(8-4-2)12(15)10-5-6-11(14)16-9-10/h5-6,9H,3-4,7-8H2,1-2H3. The van der Waals surface area contributed by atoms with E-state index in [1.54, 1.807) is 4.90 Å². The predicted octanol–water partition coefficient (Wildman–Crippen LogP) is 1.90. The topological polar surface area (TPSA) is 50.5 Å². The molecule has 1 rings (SSSR count). The Kier molecular flexibility index (Phi) is 4.76. The Morgan fingerprint density at radius 1 is 1.25 bits per heavy atom. The molecule has 0 radical (unpaired) electrons. The van der Waals surface area contributed by atoms with E-state index in [1.807, 2.05) is 13.8 Å².